The fraction of sp³-hybridized carbons (Fsp3) is 0.923. The number of rotatable bonds is 14. The van der Waals surface area contributed by atoms with Crippen LogP contribution >= 0.6 is 0 Å². The Bertz CT molecular complexity index is 281. The van der Waals surface area contributed by atoms with Crippen molar-refractivity contribution in [2.45, 2.75) is 46.8 Å². The molecule has 8 heteroatoms. The molecule has 0 amide bonds. The fourth-order valence-corrected chi connectivity index (χ4v) is 3.63. The van der Waals surface area contributed by atoms with Crippen molar-refractivity contribution in [1.82, 2.24) is 0 Å². The van der Waals surface area contributed by atoms with Gasteiger partial charge in [-0.05, 0) is 33.6 Å². The van der Waals surface area contributed by atoms with Crippen molar-refractivity contribution in [1.29, 1.82) is 0 Å². The van der Waals surface area contributed by atoms with Crippen molar-refractivity contribution in [3.8, 4) is 0 Å². The molecule has 0 N–H and O–H groups in total. The van der Waals surface area contributed by atoms with Crippen molar-refractivity contribution >= 4 is 15.1 Å². The number of nitrogens with zero attached hydrogens (tertiary/aromatic N) is 1. The highest BCUT2D eigenvalue weighted by Crippen LogP contribution is 2.17. The Balaban J connectivity index is 4.48. The summed E-state index contributed by atoms with van der Waals surface area (Å²) < 4.78 is 28.3. The standard InChI is InChI=1S/C13H27NO6Si/c1-5-13(16-11-9-10-14-12-15)20-21(17-6-2,18-7-3)19-8-4/h13H,5-11H2,1-4H3. The molecule has 0 radical (unpaired) electrons. The molecule has 0 saturated heterocycles. The summed E-state index contributed by atoms with van der Waals surface area (Å²) in [6.07, 6.45) is 2.29. The van der Waals surface area contributed by atoms with Crippen molar-refractivity contribution in [3.05, 3.63) is 0 Å². The van der Waals surface area contributed by atoms with Gasteiger partial charge in [0.1, 0.15) is 0 Å². The SMILES string of the molecule is CCO[Si](OCC)(OCC)OC(CC)OCCCN=C=O. The predicted octanol–water partition coefficient (Wildman–Crippen LogP) is 2.03. The molecule has 0 aliphatic heterocycles. The third-order valence-electron chi connectivity index (χ3n) is 2.36. The molecule has 1 atom stereocenters. The number of hydrogen-bond acceptors (Lipinski definition) is 7. The summed E-state index contributed by atoms with van der Waals surface area (Å²) in [6.45, 7) is 9.68. The lowest BCUT2D eigenvalue weighted by Gasteiger charge is -2.30. The van der Waals surface area contributed by atoms with Crippen LogP contribution in [0.15, 0.2) is 4.99 Å². The van der Waals surface area contributed by atoms with E-state index in [1.807, 2.05) is 27.7 Å². The second-order valence-electron chi connectivity index (χ2n) is 3.95. The van der Waals surface area contributed by atoms with Gasteiger partial charge in [0.15, 0.2) is 6.29 Å². The van der Waals surface area contributed by atoms with E-state index in [9.17, 15) is 4.79 Å². The van der Waals surface area contributed by atoms with E-state index in [0.29, 0.717) is 45.8 Å². The first-order chi connectivity index (χ1) is 10.2. The van der Waals surface area contributed by atoms with Crippen molar-refractivity contribution in [2.24, 2.45) is 4.99 Å². The Morgan fingerprint density at radius 3 is 2.05 bits per heavy atom. The highest BCUT2D eigenvalue weighted by Gasteiger charge is 2.47. The summed E-state index contributed by atoms with van der Waals surface area (Å²) in [5.41, 5.74) is 0. The second-order valence-corrected chi connectivity index (χ2v) is 6.05. The summed E-state index contributed by atoms with van der Waals surface area (Å²) in [6, 6.07) is 0. The Morgan fingerprint density at radius 1 is 1.05 bits per heavy atom. The van der Waals surface area contributed by atoms with Gasteiger partial charge in [-0.15, -0.1) is 0 Å². The zero-order chi connectivity index (χ0) is 16.0. The average molecular weight is 321 g/mol. The highest BCUT2D eigenvalue weighted by atomic mass is 28.4. The van der Waals surface area contributed by atoms with E-state index in [4.69, 9.17) is 22.4 Å². The first-order valence-electron chi connectivity index (χ1n) is 7.42. The van der Waals surface area contributed by atoms with E-state index in [1.54, 1.807) is 0 Å². The minimum absolute atomic E-state index is 0.394. The lowest BCUT2D eigenvalue weighted by atomic mass is 10.4. The summed E-state index contributed by atoms with van der Waals surface area (Å²) in [5, 5.41) is 0. The molecule has 124 valence electrons. The maximum absolute atomic E-state index is 9.96. The molecular weight excluding hydrogens is 294 g/mol. The first kappa shape index (κ1) is 20.4. The van der Waals surface area contributed by atoms with Gasteiger partial charge < -0.3 is 22.4 Å². The maximum atomic E-state index is 9.96. The average Bonchev–Trinajstić information content (AvgIpc) is 2.46. The topological polar surface area (TPSA) is 75.6 Å². The van der Waals surface area contributed by atoms with Gasteiger partial charge in [0.2, 0.25) is 6.08 Å². The fourth-order valence-electron chi connectivity index (χ4n) is 1.56. The van der Waals surface area contributed by atoms with Gasteiger partial charge in [0.25, 0.3) is 0 Å². The van der Waals surface area contributed by atoms with Crippen LogP contribution in [0, 0.1) is 0 Å². The largest absolute Gasteiger partial charge is 0.681 e. The van der Waals surface area contributed by atoms with Gasteiger partial charge in [-0.2, -0.15) is 0 Å². The third kappa shape index (κ3) is 9.10. The molecule has 21 heavy (non-hydrogen) atoms. The van der Waals surface area contributed by atoms with Crippen LogP contribution in [0.3, 0.4) is 0 Å². The van der Waals surface area contributed by atoms with Gasteiger partial charge in [-0.1, -0.05) is 6.92 Å². The van der Waals surface area contributed by atoms with Crippen LogP contribution in [-0.4, -0.2) is 54.4 Å². The first-order valence-corrected chi connectivity index (χ1v) is 9.06. The van der Waals surface area contributed by atoms with Crippen molar-refractivity contribution in [3.63, 3.8) is 0 Å². The highest BCUT2D eigenvalue weighted by molar-refractivity contribution is 6.53. The minimum atomic E-state index is -3.17. The van der Waals surface area contributed by atoms with Gasteiger partial charge in [0, 0.05) is 19.8 Å². The summed E-state index contributed by atoms with van der Waals surface area (Å²) in [4.78, 5) is 13.4. The van der Waals surface area contributed by atoms with Gasteiger partial charge in [0.05, 0.1) is 13.2 Å². The normalized spacial score (nSPS) is 13.0. The van der Waals surface area contributed by atoms with E-state index in [2.05, 4.69) is 4.99 Å². The molecule has 0 aromatic heterocycles. The Labute approximate surface area is 128 Å². The summed E-state index contributed by atoms with van der Waals surface area (Å²) in [5.74, 6) is 0. The predicted molar refractivity (Wildman–Crippen MR) is 79.4 cm³/mol. The van der Waals surface area contributed by atoms with Crippen molar-refractivity contribution < 1.29 is 27.2 Å². The maximum Gasteiger partial charge on any atom is 0.681 e. The molecule has 0 aromatic carbocycles. The minimum Gasteiger partial charge on any atom is -0.353 e. The molecule has 0 aromatic rings. The zero-order valence-electron chi connectivity index (χ0n) is 13.4. The molecule has 1 unspecified atom stereocenters. The molecular formula is C13H27NO6Si. The lowest BCUT2D eigenvalue weighted by molar-refractivity contribution is -0.149. The van der Waals surface area contributed by atoms with Gasteiger partial charge >= 0.3 is 9.05 Å². The Kier molecular flexibility index (Phi) is 12.7. The van der Waals surface area contributed by atoms with E-state index in [-0.39, 0.29) is 0 Å². The third-order valence-corrected chi connectivity index (χ3v) is 4.83. The quantitative estimate of drug-likeness (QED) is 0.160. The molecule has 0 heterocycles. The molecule has 0 saturated carbocycles. The molecule has 0 spiro atoms. The number of ether oxygens (including phenoxy) is 1. The number of aliphatic imine (C=N–C) groups is 1. The van der Waals surface area contributed by atoms with E-state index >= 15 is 0 Å². The van der Waals surface area contributed by atoms with E-state index in [0.717, 1.165) is 0 Å². The molecule has 7 nitrogen and oxygen atoms in total. The molecule has 0 aliphatic carbocycles. The van der Waals surface area contributed by atoms with Crippen LogP contribution < -0.4 is 0 Å². The zero-order valence-corrected chi connectivity index (χ0v) is 14.4. The van der Waals surface area contributed by atoms with Crippen LogP contribution in [-0.2, 0) is 27.2 Å². The Hall–Kier alpha value is -0.603. The number of hydrogen-bond donors (Lipinski definition) is 0. The smallest absolute Gasteiger partial charge is 0.353 e. The van der Waals surface area contributed by atoms with Crippen LogP contribution in [0.5, 0.6) is 0 Å². The van der Waals surface area contributed by atoms with Crippen LogP contribution in [0.4, 0.5) is 0 Å². The summed E-state index contributed by atoms with van der Waals surface area (Å²) in [7, 11) is -3.17. The van der Waals surface area contributed by atoms with Gasteiger partial charge in [-0.25, -0.2) is 9.79 Å². The van der Waals surface area contributed by atoms with E-state index < -0.39 is 15.3 Å². The molecule has 0 bridgehead atoms. The Morgan fingerprint density at radius 2 is 1.62 bits per heavy atom. The lowest BCUT2D eigenvalue weighted by Crippen LogP contribution is -2.52. The van der Waals surface area contributed by atoms with Crippen molar-refractivity contribution in [2.75, 3.05) is 33.0 Å². The second kappa shape index (κ2) is 13.1. The number of carbonyl (C=O) groups excluding carboxylic acids is 1. The monoisotopic (exact) mass is 321 g/mol. The van der Waals surface area contributed by atoms with Crippen LogP contribution in [0.1, 0.15) is 40.5 Å². The molecule has 0 aliphatic rings. The number of isocyanates is 1. The van der Waals surface area contributed by atoms with Crippen LogP contribution in [0.25, 0.3) is 0 Å². The van der Waals surface area contributed by atoms with Gasteiger partial charge in [-0.3, -0.25) is 0 Å². The van der Waals surface area contributed by atoms with Crippen LogP contribution in [0.2, 0.25) is 0 Å². The molecule has 0 fully saturated rings. The van der Waals surface area contributed by atoms with E-state index in [1.165, 1.54) is 6.08 Å². The summed E-state index contributed by atoms with van der Waals surface area (Å²) >= 11 is 0. The molecule has 0 rings (SSSR count).